The largest absolute Gasteiger partial charge is 0.493 e. The monoisotopic (exact) mass is 265 g/mol. The Hall–Kier alpha value is -1.91. The molecule has 5 nitrogen and oxygen atoms in total. The zero-order valence-corrected chi connectivity index (χ0v) is 11.5. The molecule has 19 heavy (non-hydrogen) atoms. The second-order valence-electron chi connectivity index (χ2n) is 4.71. The molecule has 104 valence electrons. The van der Waals surface area contributed by atoms with Crippen LogP contribution in [0.5, 0.6) is 11.5 Å². The van der Waals surface area contributed by atoms with Gasteiger partial charge >= 0.3 is 5.97 Å². The molecule has 1 aliphatic heterocycles. The SMILES string of the molecule is CCC1CN(c2cc(OC)c(OC)cc2C(=O)O)C1. The highest BCUT2D eigenvalue weighted by Crippen LogP contribution is 2.38. The van der Waals surface area contributed by atoms with E-state index in [1.165, 1.54) is 13.2 Å². The van der Waals surface area contributed by atoms with Gasteiger partial charge in [-0.25, -0.2) is 4.79 Å². The molecule has 0 aromatic heterocycles. The standard InChI is InChI=1S/C14H19NO4/c1-4-9-7-15(8-9)11-6-13(19-3)12(18-2)5-10(11)14(16)17/h5-6,9H,4,7-8H2,1-3H3,(H,16,17). The van der Waals surface area contributed by atoms with E-state index in [9.17, 15) is 9.90 Å². The van der Waals surface area contributed by atoms with E-state index in [2.05, 4.69) is 11.8 Å². The number of nitrogens with zero attached hydrogens (tertiary/aromatic N) is 1. The van der Waals surface area contributed by atoms with Crippen molar-refractivity contribution in [3.63, 3.8) is 0 Å². The first-order valence-electron chi connectivity index (χ1n) is 6.35. The number of carboxylic acids is 1. The highest BCUT2D eigenvalue weighted by molar-refractivity contribution is 5.96. The van der Waals surface area contributed by atoms with Gasteiger partial charge in [-0.3, -0.25) is 0 Å². The van der Waals surface area contributed by atoms with Crippen LogP contribution >= 0.6 is 0 Å². The topological polar surface area (TPSA) is 59.0 Å². The third kappa shape index (κ3) is 2.45. The molecular formula is C14H19NO4. The van der Waals surface area contributed by atoms with Gasteiger partial charge in [-0.2, -0.15) is 0 Å². The lowest BCUT2D eigenvalue weighted by molar-refractivity contribution is 0.0696. The predicted octanol–water partition coefficient (Wildman–Crippen LogP) is 2.25. The lowest BCUT2D eigenvalue weighted by Crippen LogP contribution is -2.47. The summed E-state index contributed by atoms with van der Waals surface area (Å²) in [4.78, 5) is 13.4. The highest BCUT2D eigenvalue weighted by Gasteiger charge is 2.29. The molecule has 0 atom stereocenters. The maximum atomic E-state index is 11.4. The van der Waals surface area contributed by atoms with Gasteiger partial charge in [0.1, 0.15) is 0 Å². The van der Waals surface area contributed by atoms with Crippen LogP contribution in [0.25, 0.3) is 0 Å². The van der Waals surface area contributed by atoms with Gasteiger partial charge in [0.25, 0.3) is 0 Å². The van der Waals surface area contributed by atoms with Crippen LogP contribution in [0.1, 0.15) is 23.7 Å². The molecule has 0 saturated carbocycles. The fourth-order valence-electron chi connectivity index (χ4n) is 2.33. The van der Waals surface area contributed by atoms with Crippen LogP contribution in [0, 0.1) is 5.92 Å². The Bertz CT molecular complexity index is 481. The van der Waals surface area contributed by atoms with E-state index in [1.807, 2.05) is 0 Å². The summed E-state index contributed by atoms with van der Waals surface area (Å²) in [5.74, 6) is 0.698. The summed E-state index contributed by atoms with van der Waals surface area (Å²) < 4.78 is 10.4. The minimum atomic E-state index is -0.948. The van der Waals surface area contributed by atoms with Crippen LogP contribution in [-0.4, -0.2) is 38.4 Å². The molecule has 0 amide bonds. The van der Waals surface area contributed by atoms with Gasteiger partial charge in [0, 0.05) is 25.2 Å². The molecule has 1 aromatic rings. The number of methoxy groups -OCH3 is 2. The van der Waals surface area contributed by atoms with Crippen LogP contribution < -0.4 is 14.4 Å². The smallest absolute Gasteiger partial charge is 0.337 e. The molecule has 1 aliphatic rings. The van der Waals surface area contributed by atoms with Gasteiger partial charge in [-0.05, 0) is 12.3 Å². The van der Waals surface area contributed by atoms with Gasteiger partial charge in [0.05, 0.1) is 25.5 Å². The number of hydrogen-bond acceptors (Lipinski definition) is 4. The molecule has 1 N–H and O–H groups in total. The molecule has 2 rings (SSSR count). The zero-order chi connectivity index (χ0) is 14.0. The minimum absolute atomic E-state index is 0.257. The van der Waals surface area contributed by atoms with E-state index >= 15 is 0 Å². The molecule has 0 unspecified atom stereocenters. The quantitative estimate of drug-likeness (QED) is 0.884. The summed E-state index contributed by atoms with van der Waals surface area (Å²) in [6.45, 7) is 3.94. The van der Waals surface area contributed by atoms with Gasteiger partial charge in [0.15, 0.2) is 11.5 Å². The number of carbonyl (C=O) groups is 1. The summed E-state index contributed by atoms with van der Waals surface area (Å²) in [7, 11) is 3.05. The first-order chi connectivity index (χ1) is 9.10. The lowest BCUT2D eigenvalue weighted by atomic mass is 9.95. The molecule has 5 heteroatoms. The van der Waals surface area contributed by atoms with Crippen molar-refractivity contribution in [2.45, 2.75) is 13.3 Å². The van der Waals surface area contributed by atoms with Gasteiger partial charge in [0.2, 0.25) is 0 Å². The predicted molar refractivity (Wildman–Crippen MR) is 72.5 cm³/mol. The summed E-state index contributed by atoms with van der Waals surface area (Å²) in [6, 6.07) is 3.27. The lowest BCUT2D eigenvalue weighted by Gasteiger charge is -2.41. The Balaban J connectivity index is 2.38. The van der Waals surface area contributed by atoms with Crippen molar-refractivity contribution in [3.8, 4) is 11.5 Å². The second-order valence-corrected chi connectivity index (χ2v) is 4.71. The number of aromatic carboxylic acids is 1. The van der Waals surface area contributed by atoms with E-state index in [0.29, 0.717) is 23.1 Å². The van der Waals surface area contributed by atoms with E-state index < -0.39 is 5.97 Å². The first kappa shape index (κ1) is 13.5. The maximum absolute atomic E-state index is 11.4. The Morgan fingerprint density at radius 3 is 2.37 bits per heavy atom. The highest BCUT2D eigenvalue weighted by atomic mass is 16.5. The third-order valence-electron chi connectivity index (χ3n) is 3.61. The van der Waals surface area contributed by atoms with Crippen molar-refractivity contribution in [2.24, 2.45) is 5.92 Å². The van der Waals surface area contributed by atoms with Crippen LogP contribution in [0.3, 0.4) is 0 Å². The second kappa shape index (κ2) is 5.38. The Morgan fingerprint density at radius 2 is 1.89 bits per heavy atom. The summed E-state index contributed by atoms with van der Waals surface area (Å²) in [6.07, 6.45) is 1.12. The fourth-order valence-corrected chi connectivity index (χ4v) is 2.33. The Labute approximate surface area is 112 Å². The van der Waals surface area contributed by atoms with Crippen LogP contribution in [0.4, 0.5) is 5.69 Å². The summed E-state index contributed by atoms with van der Waals surface area (Å²) >= 11 is 0. The van der Waals surface area contributed by atoms with Crippen molar-refractivity contribution in [1.29, 1.82) is 0 Å². The van der Waals surface area contributed by atoms with Crippen LogP contribution in [0.2, 0.25) is 0 Å². The normalized spacial score (nSPS) is 15.0. The summed E-state index contributed by atoms with van der Waals surface area (Å²) in [5.41, 5.74) is 0.960. The van der Waals surface area contributed by atoms with Crippen LogP contribution in [0.15, 0.2) is 12.1 Å². The Kier molecular flexibility index (Phi) is 3.83. The number of ether oxygens (including phenoxy) is 2. The molecular weight excluding hydrogens is 246 g/mol. The molecule has 0 bridgehead atoms. The van der Waals surface area contributed by atoms with Crippen LogP contribution in [-0.2, 0) is 0 Å². The van der Waals surface area contributed by atoms with Crippen molar-refractivity contribution < 1.29 is 19.4 Å². The van der Waals surface area contributed by atoms with Gasteiger partial charge < -0.3 is 19.5 Å². The molecule has 1 saturated heterocycles. The van der Waals surface area contributed by atoms with Gasteiger partial charge in [-0.15, -0.1) is 0 Å². The summed E-state index contributed by atoms with van der Waals surface area (Å²) in [5, 5.41) is 9.32. The van der Waals surface area contributed by atoms with Crippen molar-refractivity contribution in [1.82, 2.24) is 0 Å². The van der Waals surface area contributed by atoms with Crippen molar-refractivity contribution in [3.05, 3.63) is 17.7 Å². The first-order valence-corrected chi connectivity index (χ1v) is 6.35. The Morgan fingerprint density at radius 1 is 1.32 bits per heavy atom. The van der Waals surface area contributed by atoms with E-state index in [0.717, 1.165) is 19.5 Å². The molecule has 0 radical (unpaired) electrons. The number of carboxylic acid groups (broad SMARTS) is 1. The van der Waals surface area contributed by atoms with Gasteiger partial charge in [-0.1, -0.05) is 6.92 Å². The number of anilines is 1. The molecule has 0 spiro atoms. The van der Waals surface area contributed by atoms with E-state index in [-0.39, 0.29) is 5.56 Å². The molecule has 0 aliphatic carbocycles. The number of rotatable bonds is 5. The van der Waals surface area contributed by atoms with E-state index in [1.54, 1.807) is 13.2 Å². The molecule has 1 fully saturated rings. The van der Waals surface area contributed by atoms with E-state index in [4.69, 9.17) is 9.47 Å². The average Bonchev–Trinajstić information content (AvgIpc) is 2.36. The minimum Gasteiger partial charge on any atom is -0.493 e. The number of hydrogen-bond donors (Lipinski definition) is 1. The fraction of sp³-hybridized carbons (Fsp3) is 0.500. The van der Waals surface area contributed by atoms with Crippen molar-refractivity contribution in [2.75, 3.05) is 32.2 Å². The molecule has 1 aromatic carbocycles. The zero-order valence-electron chi connectivity index (χ0n) is 11.5. The van der Waals surface area contributed by atoms with Crippen molar-refractivity contribution >= 4 is 11.7 Å². The third-order valence-corrected chi connectivity index (χ3v) is 3.61. The molecule has 1 heterocycles. The maximum Gasteiger partial charge on any atom is 0.337 e. The number of benzene rings is 1. The average molecular weight is 265 g/mol.